The van der Waals surface area contributed by atoms with E-state index in [-0.39, 0.29) is 5.91 Å². The zero-order chi connectivity index (χ0) is 10.7. The highest BCUT2D eigenvalue weighted by Gasteiger charge is 2.36. The molecular formula is C12H23N2O+. The minimum Gasteiger partial charge on any atom is -0.356 e. The van der Waals surface area contributed by atoms with E-state index in [1.165, 1.54) is 45.2 Å². The summed E-state index contributed by atoms with van der Waals surface area (Å²) in [7, 11) is 0. The number of carbonyl (C=O) groups excluding carboxylic acids is 1. The van der Waals surface area contributed by atoms with E-state index in [1.54, 1.807) is 6.92 Å². The highest BCUT2D eigenvalue weighted by Crippen LogP contribution is 2.19. The van der Waals surface area contributed by atoms with Crippen molar-refractivity contribution in [2.75, 3.05) is 19.6 Å². The van der Waals surface area contributed by atoms with Crippen LogP contribution in [0.1, 0.15) is 39.0 Å². The molecule has 0 aromatic rings. The molecule has 0 bridgehead atoms. The molecule has 0 radical (unpaired) electrons. The zero-order valence-electron chi connectivity index (χ0n) is 9.72. The predicted octanol–water partition coefficient (Wildman–Crippen LogP) is -0.0301. The van der Waals surface area contributed by atoms with Crippen molar-refractivity contribution >= 4 is 5.91 Å². The second kappa shape index (κ2) is 4.97. The van der Waals surface area contributed by atoms with Crippen LogP contribution in [0, 0.1) is 5.92 Å². The molecule has 2 aliphatic heterocycles. The van der Waals surface area contributed by atoms with Crippen LogP contribution in [0.5, 0.6) is 0 Å². The van der Waals surface area contributed by atoms with Gasteiger partial charge in [0.05, 0.1) is 19.1 Å². The third-order valence-corrected chi connectivity index (χ3v) is 4.04. The van der Waals surface area contributed by atoms with Gasteiger partial charge in [-0.2, -0.15) is 0 Å². The van der Waals surface area contributed by atoms with Crippen molar-refractivity contribution in [3.63, 3.8) is 0 Å². The van der Waals surface area contributed by atoms with Crippen LogP contribution < -0.4 is 10.2 Å². The summed E-state index contributed by atoms with van der Waals surface area (Å²) in [6, 6.07) is 0.833. The Morgan fingerprint density at radius 3 is 2.87 bits per heavy atom. The predicted molar refractivity (Wildman–Crippen MR) is 59.7 cm³/mol. The molecule has 3 nitrogen and oxygen atoms in total. The number of piperidine rings is 2. The Balaban J connectivity index is 1.88. The molecule has 0 aromatic carbocycles. The summed E-state index contributed by atoms with van der Waals surface area (Å²) in [6.07, 6.45) is 6.83. The molecule has 86 valence electrons. The van der Waals surface area contributed by atoms with Crippen molar-refractivity contribution in [3.8, 4) is 0 Å². The van der Waals surface area contributed by atoms with Gasteiger partial charge in [-0.15, -0.1) is 0 Å². The average molecular weight is 211 g/mol. The molecule has 0 aromatic heterocycles. The molecule has 2 N–H and O–H groups in total. The van der Waals surface area contributed by atoms with Gasteiger partial charge in [0, 0.05) is 19.4 Å². The Morgan fingerprint density at radius 2 is 2.07 bits per heavy atom. The number of hydrogen-bond acceptors (Lipinski definition) is 1. The lowest BCUT2D eigenvalue weighted by molar-refractivity contribution is -0.939. The fraction of sp³-hybridized carbons (Fsp3) is 0.917. The topological polar surface area (TPSA) is 33.5 Å². The van der Waals surface area contributed by atoms with E-state index in [4.69, 9.17) is 0 Å². The first-order chi connectivity index (χ1) is 7.27. The molecular weight excluding hydrogens is 188 g/mol. The molecule has 0 saturated carbocycles. The average Bonchev–Trinajstić information content (AvgIpc) is 2.26. The van der Waals surface area contributed by atoms with E-state index in [2.05, 4.69) is 5.32 Å². The summed E-state index contributed by atoms with van der Waals surface area (Å²) in [5, 5.41) is 3.00. The minimum absolute atomic E-state index is 0.123. The quantitative estimate of drug-likeness (QED) is 0.661. The maximum atomic E-state index is 10.9. The third-order valence-electron chi connectivity index (χ3n) is 4.04. The van der Waals surface area contributed by atoms with E-state index in [1.807, 2.05) is 4.90 Å². The Labute approximate surface area is 92.2 Å². The molecule has 2 heterocycles. The number of rotatable bonds is 2. The highest BCUT2D eigenvalue weighted by molar-refractivity contribution is 5.72. The molecule has 1 unspecified atom stereocenters. The standard InChI is InChI=1S/C12H22N2O/c1-10(15)13-9-11-5-4-8-14-7-3-2-6-12(11)14/h11-12H,2-9H2,1H3,(H,13,15)/p+1/t11-,12+/m1/s1. The van der Waals surface area contributed by atoms with Crippen molar-refractivity contribution in [1.82, 2.24) is 5.32 Å². The van der Waals surface area contributed by atoms with Crippen molar-refractivity contribution in [2.45, 2.75) is 45.1 Å². The van der Waals surface area contributed by atoms with Gasteiger partial charge in [0.2, 0.25) is 5.91 Å². The first kappa shape index (κ1) is 10.9. The molecule has 0 aliphatic carbocycles. The van der Waals surface area contributed by atoms with Crippen LogP contribution in [0.25, 0.3) is 0 Å². The normalized spacial score (nSPS) is 35.7. The number of quaternary nitrogens is 1. The number of hydrogen-bond donors (Lipinski definition) is 2. The Kier molecular flexibility index (Phi) is 3.62. The van der Waals surface area contributed by atoms with Gasteiger partial charge in [0.15, 0.2) is 0 Å². The van der Waals surface area contributed by atoms with Crippen LogP contribution in [0.15, 0.2) is 0 Å². The van der Waals surface area contributed by atoms with Crippen LogP contribution in [0.4, 0.5) is 0 Å². The molecule has 2 saturated heterocycles. The SMILES string of the molecule is CC(=O)NC[C@H]1CCC[NH+]2CCCC[C@@H]12. The van der Waals surface area contributed by atoms with E-state index in [0.29, 0.717) is 0 Å². The summed E-state index contributed by atoms with van der Waals surface area (Å²) in [6.45, 7) is 5.25. The second-order valence-electron chi connectivity index (χ2n) is 5.10. The van der Waals surface area contributed by atoms with Gasteiger partial charge in [-0.1, -0.05) is 0 Å². The van der Waals surface area contributed by atoms with Gasteiger partial charge in [0.1, 0.15) is 0 Å². The minimum atomic E-state index is 0.123. The van der Waals surface area contributed by atoms with Crippen LogP contribution in [0.2, 0.25) is 0 Å². The fourth-order valence-electron chi connectivity index (χ4n) is 3.30. The van der Waals surface area contributed by atoms with Crippen LogP contribution in [-0.2, 0) is 4.79 Å². The lowest BCUT2D eigenvalue weighted by Crippen LogP contribution is -3.18. The first-order valence-electron chi connectivity index (χ1n) is 6.36. The lowest BCUT2D eigenvalue weighted by atomic mass is 9.83. The van der Waals surface area contributed by atoms with Gasteiger partial charge < -0.3 is 10.2 Å². The number of carbonyl (C=O) groups is 1. The van der Waals surface area contributed by atoms with Gasteiger partial charge >= 0.3 is 0 Å². The van der Waals surface area contributed by atoms with Crippen molar-refractivity contribution in [1.29, 1.82) is 0 Å². The molecule has 2 aliphatic rings. The van der Waals surface area contributed by atoms with Gasteiger partial charge in [-0.05, 0) is 32.1 Å². The van der Waals surface area contributed by atoms with E-state index < -0.39 is 0 Å². The molecule has 0 spiro atoms. The molecule has 1 amide bonds. The Bertz CT molecular complexity index is 228. The van der Waals surface area contributed by atoms with Crippen LogP contribution in [0.3, 0.4) is 0 Å². The molecule has 2 fully saturated rings. The Hall–Kier alpha value is -0.570. The van der Waals surface area contributed by atoms with Crippen molar-refractivity contribution in [2.24, 2.45) is 5.92 Å². The fourth-order valence-corrected chi connectivity index (χ4v) is 3.30. The van der Waals surface area contributed by atoms with Gasteiger partial charge in [0.25, 0.3) is 0 Å². The maximum absolute atomic E-state index is 10.9. The third kappa shape index (κ3) is 2.71. The van der Waals surface area contributed by atoms with Crippen molar-refractivity contribution < 1.29 is 9.69 Å². The number of nitrogens with one attached hydrogen (secondary N) is 2. The molecule has 3 atom stereocenters. The highest BCUT2D eigenvalue weighted by atomic mass is 16.1. The van der Waals surface area contributed by atoms with E-state index in [0.717, 1.165) is 18.5 Å². The van der Waals surface area contributed by atoms with Crippen LogP contribution in [-0.4, -0.2) is 31.6 Å². The van der Waals surface area contributed by atoms with Crippen molar-refractivity contribution in [3.05, 3.63) is 0 Å². The largest absolute Gasteiger partial charge is 0.356 e. The monoisotopic (exact) mass is 211 g/mol. The number of fused-ring (bicyclic) bond motifs is 1. The molecule has 2 rings (SSSR count). The van der Waals surface area contributed by atoms with Gasteiger partial charge in [-0.25, -0.2) is 0 Å². The summed E-state index contributed by atoms with van der Waals surface area (Å²) >= 11 is 0. The van der Waals surface area contributed by atoms with E-state index >= 15 is 0 Å². The summed E-state index contributed by atoms with van der Waals surface area (Å²) in [5.41, 5.74) is 0. The van der Waals surface area contributed by atoms with Crippen LogP contribution >= 0.6 is 0 Å². The molecule has 3 heteroatoms. The summed E-state index contributed by atoms with van der Waals surface area (Å²) in [5.74, 6) is 0.857. The maximum Gasteiger partial charge on any atom is 0.216 e. The van der Waals surface area contributed by atoms with Gasteiger partial charge in [-0.3, -0.25) is 4.79 Å². The molecule has 15 heavy (non-hydrogen) atoms. The summed E-state index contributed by atoms with van der Waals surface area (Å²) in [4.78, 5) is 12.7. The first-order valence-corrected chi connectivity index (χ1v) is 6.36. The Morgan fingerprint density at radius 1 is 1.27 bits per heavy atom. The van der Waals surface area contributed by atoms with E-state index in [9.17, 15) is 4.79 Å². The number of amides is 1. The summed E-state index contributed by atoms with van der Waals surface area (Å²) < 4.78 is 0. The smallest absolute Gasteiger partial charge is 0.216 e. The lowest BCUT2D eigenvalue weighted by Gasteiger charge is -2.41. The second-order valence-corrected chi connectivity index (χ2v) is 5.10. The zero-order valence-corrected chi connectivity index (χ0v) is 9.72.